The second-order valence-electron chi connectivity index (χ2n) is 11.0. The molecule has 2 aromatic rings. The van der Waals surface area contributed by atoms with Crippen molar-refractivity contribution < 1.29 is 32.2 Å². The number of anilines is 1. The van der Waals surface area contributed by atoms with Gasteiger partial charge in [0.2, 0.25) is 10.0 Å². The number of aryl methyl sites for hydroxylation is 1. The SMILES string of the molecule is CCOC(=O)CS(=O)(=O)N(CC=Cc1cccc(C#N)c1)c1ccc(OC2CCN(C(=O)OC(C)(C)C)CC2)cc1C. The summed E-state index contributed by atoms with van der Waals surface area (Å²) >= 11 is 0. The summed E-state index contributed by atoms with van der Waals surface area (Å²) in [6, 6.07) is 14.2. The fraction of sp³-hybridized carbons (Fsp3) is 0.452. The van der Waals surface area contributed by atoms with Crippen LogP contribution < -0.4 is 9.04 Å². The summed E-state index contributed by atoms with van der Waals surface area (Å²) in [7, 11) is -4.09. The molecule has 1 saturated heterocycles. The highest BCUT2D eigenvalue weighted by atomic mass is 32.2. The maximum absolute atomic E-state index is 13.4. The van der Waals surface area contributed by atoms with Gasteiger partial charge in [-0.25, -0.2) is 13.2 Å². The first-order valence-electron chi connectivity index (χ1n) is 13.9. The van der Waals surface area contributed by atoms with Crippen LogP contribution in [-0.4, -0.2) is 69.1 Å². The maximum atomic E-state index is 13.4. The summed E-state index contributed by atoms with van der Waals surface area (Å²) in [4.78, 5) is 26.2. The van der Waals surface area contributed by atoms with Crippen molar-refractivity contribution in [1.29, 1.82) is 5.26 Å². The van der Waals surface area contributed by atoms with Gasteiger partial charge < -0.3 is 19.1 Å². The zero-order valence-electron chi connectivity index (χ0n) is 24.8. The van der Waals surface area contributed by atoms with E-state index in [-0.39, 0.29) is 25.3 Å². The second-order valence-corrected chi connectivity index (χ2v) is 12.9. The van der Waals surface area contributed by atoms with Crippen LogP contribution in [0.1, 0.15) is 57.2 Å². The van der Waals surface area contributed by atoms with E-state index in [0.29, 0.717) is 48.5 Å². The molecule has 0 saturated carbocycles. The van der Waals surface area contributed by atoms with Crippen LogP contribution in [-0.2, 0) is 24.3 Å². The van der Waals surface area contributed by atoms with Gasteiger partial charge in [0.15, 0.2) is 5.75 Å². The number of benzene rings is 2. The minimum Gasteiger partial charge on any atom is -0.490 e. The number of hydrogen-bond donors (Lipinski definition) is 0. The average molecular weight is 598 g/mol. The van der Waals surface area contributed by atoms with E-state index < -0.39 is 27.3 Å². The van der Waals surface area contributed by atoms with Crippen molar-refractivity contribution in [2.75, 3.05) is 36.3 Å². The van der Waals surface area contributed by atoms with Crippen LogP contribution in [0.15, 0.2) is 48.5 Å². The molecule has 11 heteroatoms. The molecule has 1 fully saturated rings. The van der Waals surface area contributed by atoms with Crippen molar-refractivity contribution in [3.8, 4) is 11.8 Å². The number of sulfonamides is 1. The first kappa shape index (κ1) is 32.5. The van der Waals surface area contributed by atoms with Crippen LogP contribution in [0.3, 0.4) is 0 Å². The number of rotatable bonds is 10. The van der Waals surface area contributed by atoms with Crippen molar-refractivity contribution >= 4 is 33.8 Å². The summed E-state index contributed by atoms with van der Waals surface area (Å²) in [5.41, 5.74) is 1.73. The molecule has 1 heterocycles. The number of nitriles is 1. The van der Waals surface area contributed by atoms with E-state index in [9.17, 15) is 18.0 Å². The number of carbonyl (C=O) groups excluding carboxylic acids is 2. The molecule has 1 aliphatic heterocycles. The summed E-state index contributed by atoms with van der Waals surface area (Å²) in [6.07, 6.45) is 4.23. The number of nitrogens with zero attached hydrogens (tertiary/aromatic N) is 3. The van der Waals surface area contributed by atoms with Gasteiger partial charge in [-0.1, -0.05) is 24.3 Å². The summed E-state index contributed by atoms with van der Waals surface area (Å²) in [5.74, 6) is -1.05. The van der Waals surface area contributed by atoms with Gasteiger partial charge in [0.1, 0.15) is 17.5 Å². The molecule has 0 atom stereocenters. The van der Waals surface area contributed by atoms with E-state index in [1.165, 1.54) is 4.31 Å². The van der Waals surface area contributed by atoms with Crippen molar-refractivity contribution in [3.05, 3.63) is 65.2 Å². The Labute approximate surface area is 248 Å². The molecule has 1 aliphatic rings. The lowest BCUT2D eigenvalue weighted by Crippen LogP contribution is -2.44. The number of ether oxygens (including phenoxy) is 3. The number of amides is 1. The lowest BCUT2D eigenvalue weighted by molar-refractivity contribution is -0.139. The standard InChI is InChI=1S/C31H39N3O7S/c1-6-39-29(35)22-42(37,38)34(16-8-11-24-9-7-10-25(20-24)21-32)28-13-12-27(19-23(28)2)40-26-14-17-33(18-15-26)30(36)41-31(3,4)5/h7-13,19-20,26H,6,14-18,22H2,1-5H3. The van der Waals surface area contributed by atoms with Gasteiger partial charge in [0, 0.05) is 25.9 Å². The van der Waals surface area contributed by atoms with E-state index in [2.05, 4.69) is 6.07 Å². The van der Waals surface area contributed by atoms with E-state index >= 15 is 0 Å². The molecule has 0 spiro atoms. The molecule has 0 aromatic heterocycles. The molecule has 3 rings (SSSR count). The minimum absolute atomic E-state index is 0.0390. The largest absolute Gasteiger partial charge is 0.490 e. The van der Waals surface area contributed by atoms with Gasteiger partial charge in [-0.05, 0) is 76.1 Å². The fourth-order valence-corrected chi connectivity index (χ4v) is 5.80. The lowest BCUT2D eigenvalue weighted by Gasteiger charge is -2.33. The molecule has 226 valence electrons. The monoisotopic (exact) mass is 597 g/mol. The number of likely N-dealkylation sites (tertiary alicyclic amines) is 1. The highest BCUT2D eigenvalue weighted by Crippen LogP contribution is 2.29. The van der Waals surface area contributed by atoms with Crippen LogP contribution in [0.2, 0.25) is 0 Å². The predicted molar refractivity (Wildman–Crippen MR) is 161 cm³/mol. The molecule has 0 N–H and O–H groups in total. The second kappa shape index (κ2) is 14.2. The molecule has 10 nitrogen and oxygen atoms in total. The molecular weight excluding hydrogens is 558 g/mol. The molecule has 42 heavy (non-hydrogen) atoms. The number of hydrogen-bond acceptors (Lipinski definition) is 8. The molecule has 0 unspecified atom stereocenters. The van der Waals surface area contributed by atoms with Crippen molar-refractivity contribution in [2.24, 2.45) is 0 Å². The van der Waals surface area contributed by atoms with E-state index in [1.54, 1.807) is 67.3 Å². The third kappa shape index (κ3) is 9.52. The van der Waals surface area contributed by atoms with Crippen LogP contribution >= 0.6 is 0 Å². The zero-order chi connectivity index (χ0) is 30.9. The maximum Gasteiger partial charge on any atom is 0.410 e. The fourth-order valence-electron chi connectivity index (χ4n) is 4.44. The van der Waals surface area contributed by atoms with Crippen LogP contribution in [0.25, 0.3) is 6.08 Å². The summed E-state index contributed by atoms with van der Waals surface area (Å²) < 4.78 is 44.4. The third-order valence-electron chi connectivity index (χ3n) is 6.37. The van der Waals surface area contributed by atoms with Crippen molar-refractivity contribution in [3.63, 3.8) is 0 Å². The molecule has 1 amide bonds. The van der Waals surface area contributed by atoms with Gasteiger partial charge in [0.25, 0.3) is 0 Å². The Bertz CT molecular complexity index is 1430. The predicted octanol–water partition coefficient (Wildman–Crippen LogP) is 5.06. The van der Waals surface area contributed by atoms with Crippen LogP contribution in [0.4, 0.5) is 10.5 Å². The summed E-state index contributed by atoms with van der Waals surface area (Å²) in [6.45, 7) is 9.96. The Kier molecular flexibility index (Phi) is 11.0. The quantitative estimate of drug-likeness (QED) is 0.348. The van der Waals surface area contributed by atoms with Crippen LogP contribution in [0.5, 0.6) is 5.75 Å². The van der Waals surface area contributed by atoms with Gasteiger partial charge in [0.05, 0.1) is 30.5 Å². The first-order chi connectivity index (χ1) is 19.8. The molecular formula is C31H39N3O7S. The van der Waals surface area contributed by atoms with Gasteiger partial charge >= 0.3 is 12.1 Å². The van der Waals surface area contributed by atoms with Crippen LogP contribution in [0, 0.1) is 18.3 Å². The van der Waals surface area contributed by atoms with E-state index in [1.807, 2.05) is 26.8 Å². The van der Waals surface area contributed by atoms with E-state index in [0.717, 1.165) is 5.56 Å². The lowest BCUT2D eigenvalue weighted by atomic mass is 10.1. The number of esters is 1. The highest BCUT2D eigenvalue weighted by Gasteiger charge is 2.29. The Hall–Kier alpha value is -4.04. The highest BCUT2D eigenvalue weighted by molar-refractivity contribution is 7.93. The first-order valence-corrected chi connectivity index (χ1v) is 15.5. The van der Waals surface area contributed by atoms with E-state index in [4.69, 9.17) is 19.5 Å². The third-order valence-corrected chi connectivity index (χ3v) is 7.99. The number of carbonyl (C=O) groups is 2. The Morgan fingerprint density at radius 3 is 2.48 bits per heavy atom. The molecule has 0 aliphatic carbocycles. The Morgan fingerprint density at radius 1 is 1.14 bits per heavy atom. The Morgan fingerprint density at radius 2 is 1.86 bits per heavy atom. The van der Waals surface area contributed by atoms with Gasteiger partial charge in [-0.2, -0.15) is 5.26 Å². The molecule has 2 aromatic carbocycles. The summed E-state index contributed by atoms with van der Waals surface area (Å²) in [5, 5.41) is 9.15. The molecule has 0 radical (unpaired) electrons. The van der Waals surface area contributed by atoms with Crippen molar-refractivity contribution in [2.45, 2.75) is 59.2 Å². The van der Waals surface area contributed by atoms with Gasteiger partial charge in [-0.3, -0.25) is 9.10 Å². The average Bonchev–Trinajstić information content (AvgIpc) is 2.91. The smallest absolute Gasteiger partial charge is 0.410 e. The topological polar surface area (TPSA) is 126 Å². The number of piperidine rings is 1. The van der Waals surface area contributed by atoms with Crippen molar-refractivity contribution in [1.82, 2.24) is 4.90 Å². The molecule has 0 bridgehead atoms. The Balaban J connectivity index is 1.75. The minimum atomic E-state index is -4.09. The van der Waals surface area contributed by atoms with Gasteiger partial charge in [-0.15, -0.1) is 0 Å². The normalized spacial score (nSPS) is 14.3. The zero-order valence-corrected chi connectivity index (χ0v) is 25.6.